The van der Waals surface area contributed by atoms with Crippen LogP contribution in [-0.4, -0.2) is 27.4 Å². The molecule has 0 saturated carbocycles. The Balaban J connectivity index is 1.42. The summed E-state index contributed by atoms with van der Waals surface area (Å²) in [5.41, 5.74) is 2.95. The number of carbonyl (C=O) groups excluding carboxylic acids is 1. The molecule has 2 N–H and O–H groups in total. The highest BCUT2D eigenvalue weighted by Crippen LogP contribution is 2.23. The fourth-order valence-corrected chi connectivity index (χ4v) is 4.92. The van der Waals surface area contributed by atoms with E-state index in [9.17, 15) is 13.2 Å². The van der Waals surface area contributed by atoms with Gasteiger partial charge in [-0.25, -0.2) is 8.42 Å². The highest BCUT2D eigenvalue weighted by atomic mass is 32.2. The van der Waals surface area contributed by atoms with Gasteiger partial charge < -0.3 is 10.2 Å². The molecular weight excluding hydrogens is 422 g/mol. The van der Waals surface area contributed by atoms with Crippen LogP contribution in [0.5, 0.6) is 0 Å². The first kappa shape index (κ1) is 21.9. The summed E-state index contributed by atoms with van der Waals surface area (Å²) in [5, 5.41) is 2.99. The molecule has 1 fully saturated rings. The molecule has 3 aromatic rings. The molecule has 0 aliphatic carbocycles. The van der Waals surface area contributed by atoms with Crippen LogP contribution in [0.2, 0.25) is 0 Å². The number of hydrogen-bond acceptors (Lipinski definition) is 4. The summed E-state index contributed by atoms with van der Waals surface area (Å²) >= 11 is 0. The van der Waals surface area contributed by atoms with Crippen LogP contribution in [0.3, 0.4) is 0 Å². The van der Waals surface area contributed by atoms with Gasteiger partial charge in [0.15, 0.2) is 0 Å². The van der Waals surface area contributed by atoms with Crippen molar-refractivity contribution in [2.45, 2.75) is 30.7 Å². The average Bonchev–Trinajstić information content (AvgIpc) is 3.35. The van der Waals surface area contributed by atoms with Crippen molar-refractivity contribution in [3.63, 3.8) is 0 Å². The minimum absolute atomic E-state index is 0.167. The monoisotopic (exact) mass is 449 g/mol. The Hall–Kier alpha value is -3.32. The number of carbonyl (C=O) groups is 1. The third kappa shape index (κ3) is 5.11. The van der Waals surface area contributed by atoms with E-state index in [1.165, 1.54) is 30.7 Å². The number of hydrogen-bond donors (Lipinski definition) is 2. The lowest BCUT2D eigenvalue weighted by Crippen LogP contribution is -2.27. The van der Waals surface area contributed by atoms with Gasteiger partial charge in [0.05, 0.1) is 10.9 Å². The number of sulfonamides is 1. The standard InChI is InChI=1S/C25H27N3O3S/c1-19(20-12-14-23(15-13-20)28-16-5-6-17-28)26-25(29)21-8-7-9-22(18-21)27-32(30,31)24-10-3-2-4-11-24/h2-4,7-15,18-19,27H,5-6,16-17H2,1H3,(H,26,29). The zero-order valence-electron chi connectivity index (χ0n) is 18.0. The second kappa shape index (κ2) is 9.44. The van der Waals surface area contributed by atoms with Gasteiger partial charge >= 0.3 is 0 Å². The van der Waals surface area contributed by atoms with Gasteiger partial charge in [-0.1, -0.05) is 36.4 Å². The minimum atomic E-state index is -3.72. The predicted molar refractivity (Wildman–Crippen MR) is 127 cm³/mol. The molecule has 1 heterocycles. The smallest absolute Gasteiger partial charge is 0.261 e. The number of rotatable bonds is 7. The summed E-state index contributed by atoms with van der Waals surface area (Å²) in [7, 11) is -3.72. The summed E-state index contributed by atoms with van der Waals surface area (Å²) in [6, 6.07) is 22.7. The number of benzene rings is 3. The highest BCUT2D eigenvalue weighted by molar-refractivity contribution is 7.92. The van der Waals surface area contributed by atoms with E-state index in [1.807, 2.05) is 19.1 Å². The SMILES string of the molecule is CC(NC(=O)c1cccc(NS(=O)(=O)c2ccccc2)c1)c1ccc(N2CCCC2)cc1. The number of nitrogens with one attached hydrogen (secondary N) is 2. The molecule has 1 unspecified atom stereocenters. The Morgan fingerprint density at radius 1 is 0.906 bits per heavy atom. The average molecular weight is 450 g/mol. The predicted octanol–water partition coefficient (Wildman–Crippen LogP) is 4.58. The summed E-state index contributed by atoms with van der Waals surface area (Å²) in [6.45, 7) is 4.12. The Kier molecular flexibility index (Phi) is 6.46. The van der Waals surface area contributed by atoms with Gasteiger partial charge in [0.25, 0.3) is 15.9 Å². The van der Waals surface area contributed by atoms with Crippen molar-refractivity contribution in [3.05, 3.63) is 90.0 Å². The fourth-order valence-electron chi connectivity index (χ4n) is 3.85. The molecule has 1 atom stereocenters. The Bertz CT molecular complexity index is 1170. The lowest BCUT2D eigenvalue weighted by atomic mass is 10.1. The van der Waals surface area contributed by atoms with Crippen LogP contribution >= 0.6 is 0 Å². The van der Waals surface area contributed by atoms with Crippen molar-refractivity contribution in [1.29, 1.82) is 0 Å². The molecule has 1 saturated heterocycles. The first-order valence-corrected chi connectivity index (χ1v) is 12.2. The Morgan fingerprint density at radius 3 is 2.28 bits per heavy atom. The van der Waals surface area contributed by atoms with Gasteiger partial charge in [0.1, 0.15) is 0 Å². The van der Waals surface area contributed by atoms with Gasteiger partial charge in [-0.15, -0.1) is 0 Å². The first-order valence-electron chi connectivity index (χ1n) is 10.8. The summed E-state index contributed by atoms with van der Waals surface area (Å²) in [4.78, 5) is 15.3. The topological polar surface area (TPSA) is 78.5 Å². The molecule has 0 aromatic heterocycles. The van der Waals surface area contributed by atoms with Gasteiger partial charge in [0.2, 0.25) is 0 Å². The second-order valence-corrected chi connectivity index (χ2v) is 9.66. The van der Waals surface area contributed by atoms with Crippen LogP contribution in [0.15, 0.2) is 83.8 Å². The maximum atomic E-state index is 12.8. The van der Waals surface area contributed by atoms with E-state index in [-0.39, 0.29) is 16.8 Å². The number of anilines is 2. The molecule has 1 amide bonds. The number of amides is 1. The summed E-state index contributed by atoms with van der Waals surface area (Å²) in [5.74, 6) is -0.262. The maximum absolute atomic E-state index is 12.8. The third-order valence-electron chi connectivity index (χ3n) is 5.64. The Morgan fingerprint density at radius 2 is 1.59 bits per heavy atom. The van der Waals surface area contributed by atoms with Gasteiger partial charge in [-0.05, 0) is 67.8 Å². The highest BCUT2D eigenvalue weighted by Gasteiger charge is 2.17. The molecule has 7 heteroatoms. The van der Waals surface area contributed by atoms with Crippen molar-refractivity contribution < 1.29 is 13.2 Å². The van der Waals surface area contributed by atoms with Crippen molar-refractivity contribution >= 4 is 27.3 Å². The molecular formula is C25H27N3O3S. The van der Waals surface area contributed by atoms with E-state index in [0.29, 0.717) is 11.3 Å². The third-order valence-corrected chi connectivity index (χ3v) is 7.04. The van der Waals surface area contributed by atoms with Crippen molar-refractivity contribution in [3.8, 4) is 0 Å². The van der Waals surface area contributed by atoms with Crippen molar-refractivity contribution in [2.24, 2.45) is 0 Å². The van der Waals surface area contributed by atoms with Crippen LogP contribution in [0.1, 0.15) is 41.7 Å². The lowest BCUT2D eigenvalue weighted by molar-refractivity contribution is 0.0940. The van der Waals surface area contributed by atoms with Gasteiger partial charge in [-0.2, -0.15) is 0 Å². The Labute approximate surface area is 189 Å². The van der Waals surface area contributed by atoms with E-state index >= 15 is 0 Å². The maximum Gasteiger partial charge on any atom is 0.261 e. The second-order valence-electron chi connectivity index (χ2n) is 7.98. The van der Waals surface area contributed by atoms with Crippen LogP contribution in [0.4, 0.5) is 11.4 Å². The molecule has 0 radical (unpaired) electrons. The van der Waals surface area contributed by atoms with E-state index in [0.717, 1.165) is 18.7 Å². The van der Waals surface area contributed by atoms with E-state index in [2.05, 4.69) is 27.1 Å². The molecule has 0 spiro atoms. The van der Waals surface area contributed by atoms with Crippen LogP contribution in [0.25, 0.3) is 0 Å². The van der Waals surface area contributed by atoms with Crippen molar-refractivity contribution in [1.82, 2.24) is 5.32 Å². The zero-order valence-corrected chi connectivity index (χ0v) is 18.8. The fraction of sp³-hybridized carbons (Fsp3) is 0.240. The summed E-state index contributed by atoms with van der Waals surface area (Å²) < 4.78 is 27.6. The largest absolute Gasteiger partial charge is 0.372 e. The molecule has 6 nitrogen and oxygen atoms in total. The molecule has 166 valence electrons. The van der Waals surface area contributed by atoms with Crippen LogP contribution in [-0.2, 0) is 10.0 Å². The molecule has 1 aliphatic heterocycles. The normalized spacial score (nSPS) is 14.7. The summed E-state index contributed by atoms with van der Waals surface area (Å²) in [6.07, 6.45) is 2.46. The molecule has 32 heavy (non-hydrogen) atoms. The molecule has 1 aliphatic rings. The minimum Gasteiger partial charge on any atom is -0.372 e. The molecule has 0 bridgehead atoms. The molecule has 3 aromatic carbocycles. The van der Waals surface area contributed by atoms with E-state index in [4.69, 9.17) is 0 Å². The molecule has 4 rings (SSSR count). The lowest BCUT2D eigenvalue weighted by Gasteiger charge is -2.19. The van der Waals surface area contributed by atoms with E-state index in [1.54, 1.807) is 42.5 Å². The van der Waals surface area contributed by atoms with Gasteiger partial charge in [0, 0.05) is 30.0 Å². The number of nitrogens with zero attached hydrogens (tertiary/aromatic N) is 1. The quantitative estimate of drug-likeness (QED) is 0.554. The van der Waals surface area contributed by atoms with Crippen LogP contribution in [0, 0.1) is 0 Å². The zero-order chi connectivity index (χ0) is 22.6. The van der Waals surface area contributed by atoms with E-state index < -0.39 is 10.0 Å². The van der Waals surface area contributed by atoms with Crippen molar-refractivity contribution in [2.75, 3.05) is 22.7 Å². The van der Waals surface area contributed by atoms with Gasteiger partial charge in [-0.3, -0.25) is 9.52 Å². The van der Waals surface area contributed by atoms with Crippen LogP contribution < -0.4 is 14.9 Å². The first-order chi connectivity index (χ1) is 15.4.